The van der Waals surface area contributed by atoms with E-state index in [0.717, 1.165) is 22.6 Å². The summed E-state index contributed by atoms with van der Waals surface area (Å²) in [4.78, 5) is 0. The number of fused-ring (bicyclic) bond motifs is 1. The van der Waals surface area contributed by atoms with Crippen molar-refractivity contribution in [3.8, 4) is 17.2 Å². The Morgan fingerprint density at radius 3 is 2.67 bits per heavy atom. The van der Waals surface area contributed by atoms with Crippen LogP contribution in [0.25, 0.3) is 0 Å². The van der Waals surface area contributed by atoms with Gasteiger partial charge in [0, 0.05) is 11.6 Å². The summed E-state index contributed by atoms with van der Waals surface area (Å²) in [5.41, 5.74) is 2.01. The molecule has 0 saturated heterocycles. The second-order valence-corrected chi connectivity index (χ2v) is 5.03. The van der Waals surface area contributed by atoms with E-state index in [1.165, 1.54) is 0 Å². The van der Waals surface area contributed by atoms with Gasteiger partial charge < -0.3 is 19.3 Å². The first-order valence-electron chi connectivity index (χ1n) is 6.87. The number of benzene rings is 2. The van der Waals surface area contributed by atoms with E-state index in [0.29, 0.717) is 12.2 Å². The maximum atomic E-state index is 10.3. The van der Waals surface area contributed by atoms with Gasteiger partial charge in [-0.15, -0.1) is 0 Å². The van der Waals surface area contributed by atoms with Crippen molar-refractivity contribution in [1.29, 1.82) is 0 Å². The number of ether oxygens (including phenoxy) is 3. The van der Waals surface area contributed by atoms with Crippen LogP contribution in [0.4, 0.5) is 0 Å². The second kappa shape index (κ2) is 5.66. The highest BCUT2D eigenvalue weighted by atomic mass is 16.6. The molecule has 0 bridgehead atoms. The molecule has 2 unspecified atom stereocenters. The Bertz CT molecular complexity index is 638. The number of methoxy groups -OCH3 is 2. The van der Waals surface area contributed by atoms with Crippen molar-refractivity contribution in [3.63, 3.8) is 0 Å². The van der Waals surface area contributed by atoms with Crippen LogP contribution >= 0.6 is 0 Å². The molecular weight excluding hydrogens is 268 g/mol. The molecule has 0 spiro atoms. The second-order valence-electron chi connectivity index (χ2n) is 5.03. The SMILES string of the molecule is COc1ccc(C2Cc3ccccc3OC2O)c(OC)c1. The van der Waals surface area contributed by atoms with Gasteiger partial charge in [0.15, 0.2) is 0 Å². The zero-order valence-electron chi connectivity index (χ0n) is 12.1. The van der Waals surface area contributed by atoms with Gasteiger partial charge >= 0.3 is 0 Å². The van der Waals surface area contributed by atoms with Crippen molar-refractivity contribution in [1.82, 2.24) is 0 Å². The molecule has 0 radical (unpaired) electrons. The van der Waals surface area contributed by atoms with E-state index in [4.69, 9.17) is 14.2 Å². The Balaban J connectivity index is 1.97. The van der Waals surface area contributed by atoms with Crippen LogP contribution in [0, 0.1) is 0 Å². The highest BCUT2D eigenvalue weighted by molar-refractivity contribution is 5.46. The van der Waals surface area contributed by atoms with Crippen LogP contribution < -0.4 is 14.2 Å². The largest absolute Gasteiger partial charge is 0.497 e. The molecule has 2 aromatic rings. The summed E-state index contributed by atoms with van der Waals surface area (Å²) < 4.78 is 16.3. The van der Waals surface area contributed by atoms with E-state index in [9.17, 15) is 5.11 Å². The molecule has 1 N–H and O–H groups in total. The topological polar surface area (TPSA) is 47.9 Å². The van der Waals surface area contributed by atoms with Gasteiger partial charge in [-0.25, -0.2) is 0 Å². The summed E-state index contributed by atoms with van der Waals surface area (Å²) >= 11 is 0. The lowest BCUT2D eigenvalue weighted by atomic mass is 9.88. The van der Waals surface area contributed by atoms with E-state index in [2.05, 4.69) is 0 Å². The van der Waals surface area contributed by atoms with Crippen LogP contribution in [-0.4, -0.2) is 25.6 Å². The van der Waals surface area contributed by atoms with Gasteiger partial charge in [-0.05, 0) is 24.1 Å². The fourth-order valence-electron chi connectivity index (χ4n) is 2.73. The van der Waals surface area contributed by atoms with Crippen molar-refractivity contribution in [2.75, 3.05) is 14.2 Å². The molecule has 4 nitrogen and oxygen atoms in total. The van der Waals surface area contributed by atoms with Gasteiger partial charge in [0.05, 0.1) is 20.1 Å². The average molecular weight is 286 g/mol. The molecule has 0 aliphatic carbocycles. The van der Waals surface area contributed by atoms with Gasteiger partial charge in [0.1, 0.15) is 17.2 Å². The van der Waals surface area contributed by atoms with Gasteiger partial charge in [0.2, 0.25) is 6.29 Å². The first-order chi connectivity index (χ1) is 10.2. The molecule has 4 heteroatoms. The van der Waals surface area contributed by atoms with Crippen LogP contribution in [-0.2, 0) is 6.42 Å². The lowest BCUT2D eigenvalue weighted by Gasteiger charge is -2.31. The van der Waals surface area contributed by atoms with Crippen molar-refractivity contribution in [2.45, 2.75) is 18.6 Å². The minimum atomic E-state index is -0.887. The van der Waals surface area contributed by atoms with E-state index < -0.39 is 6.29 Å². The summed E-state index contributed by atoms with van der Waals surface area (Å²) in [7, 11) is 3.23. The maximum Gasteiger partial charge on any atom is 0.204 e. The lowest BCUT2D eigenvalue weighted by molar-refractivity contribution is -0.0485. The predicted molar refractivity (Wildman–Crippen MR) is 79.1 cm³/mol. The minimum Gasteiger partial charge on any atom is -0.497 e. The number of hydrogen-bond donors (Lipinski definition) is 1. The molecule has 0 amide bonds. The summed E-state index contributed by atoms with van der Waals surface area (Å²) in [6, 6.07) is 13.4. The number of aliphatic hydroxyl groups excluding tert-OH is 1. The Morgan fingerprint density at radius 1 is 1.10 bits per heavy atom. The lowest BCUT2D eigenvalue weighted by Crippen LogP contribution is -2.31. The number of hydrogen-bond acceptors (Lipinski definition) is 4. The zero-order chi connectivity index (χ0) is 14.8. The van der Waals surface area contributed by atoms with Gasteiger partial charge in [0.25, 0.3) is 0 Å². The Kier molecular flexibility index (Phi) is 3.71. The highest BCUT2D eigenvalue weighted by Gasteiger charge is 2.31. The quantitative estimate of drug-likeness (QED) is 0.942. The Labute approximate surface area is 123 Å². The molecule has 110 valence electrons. The number of para-hydroxylation sites is 1. The molecule has 0 fully saturated rings. The van der Waals surface area contributed by atoms with Crippen molar-refractivity contribution in [2.24, 2.45) is 0 Å². The third kappa shape index (κ3) is 2.54. The first kappa shape index (κ1) is 13.8. The third-order valence-corrected chi connectivity index (χ3v) is 3.84. The molecule has 1 heterocycles. The standard InChI is InChI=1S/C17H18O4/c1-19-12-7-8-13(16(10-12)20-2)14-9-11-5-3-4-6-15(11)21-17(14)18/h3-8,10,14,17-18H,9H2,1-2H3. The first-order valence-corrected chi connectivity index (χ1v) is 6.87. The monoisotopic (exact) mass is 286 g/mol. The molecule has 2 aromatic carbocycles. The van der Waals surface area contributed by atoms with E-state index in [1.54, 1.807) is 14.2 Å². The predicted octanol–water partition coefficient (Wildman–Crippen LogP) is 2.74. The molecule has 3 rings (SSSR count). The summed E-state index contributed by atoms with van der Waals surface area (Å²) in [6.07, 6.45) is -0.178. The Hall–Kier alpha value is -2.20. The van der Waals surface area contributed by atoms with Crippen LogP contribution in [0.1, 0.15) is 17.0 Å². The summed E-state index contributed by atoms with van der Waals surface area (Å²) in [5, 5.41) is 10.3. The molecule has 2 atom stereocenters. The summed E-state index contributed by atoms with van der Waals surface area (Å²) in [6.45, 7) is 0. The number of aliphatic hydroxyl groups is 1. The molecule has 1 aliphatic rings. The molecule has 0 aromatic heterocycles. The fraction of sp³-hybridized carbons (Fsp3) is 0.294. The Morgan fingerprint density at radius 2 is 1.90 bits per heavy atom. The van der Waals surface area contributed by atoms with Crippen molar-refractivity contribution < 1.29 is 19.3 Å². The molecule has 0 saturated carbocycles. The van der Waals surface area contributed by atoms with Crippen molar-refractivity contribution >= 4 is 0 Å². The smallest absolute Gasteiger partial charge is 0.204 e. The highest BCUT2D eigenvalue weighted by Crippen LogP contribution is 2.39. The third-order valence-electron chi connectivity index (χ3n) is 3.84. The average Bonchev–Trinajstić information content (AvgIpc) is 2.53. The van der Waals surface area contributed by atoms with Crippen molar-refractivity contribution in [3.05, 3.63) is 53.6 Å². The zero-order valence-corrected chi connectivity index (χ0v) is 12.1. The van der Waals surface area contributed by atoms with Gasteiger partial charge in [-0.3, -0.25) is 0 Å². The van der Waals surface area contributed by atoms with Crippen LogP contribution in [0.3, 0.4) is 0 Å². The van der Waals surface area contributed by atoms with Crippen LogP contribution in [0.15, 0.2) is 42.5 Å². The van der Waals surface area contributed by atoms with Crippen LogP contribution in [0.2, 0.25) is 0 Å². The molecule has 1 aliphatic heterocycles. The van der Waals surface area contributed by atoms with Gasteiger partial charge in [-0.1, -0.05) is 24.3 Å². The van der Waals surface area contributed by atoms with Crippen LogP contribution in [0.5, 0.6) is 17.2 Å². The fourth-order valence-corrected chi connectivity index (χ4v) is 2.73. The van der Waals surface area contributed by atoms with Gasteiger partial charge in [-0.2, -0.15) is 0 Å². The molecular formula is C17H18O4. The van der Waals surface area contributed by atoms with E-state index >= 15 is 0 Å². The number of rotatable bonds is 3. The minimum absolute atomic E-state index is 0.166. The maximum absolute atomic E-state index is 10.3. The normalized spacial score (nSPS) is 20.3. The van der Waals surface area contributed by atoms with E-state index in [-0.39, 0.29) is 5.92 Å². The molecule has 21 heavy (non-hydrogen) atoms. The van der Waals surface area contributed by atoms with E-state index in [1.807, 2.05) is 42.5 Å². The summed E-state index contributed by atoms with van der Waals surface area (Å²) in [5.74, 6) is 2.00.